The van der Waals surface area contributed by atoms with Crippen molar-refractivity contribution in [2.45, 2.75) is 27.2 Å². The third-order valence-corrected chi connectivity index (χ3v) is 4.50. The zero-order valence-electron chi connectivity index (χ0n) is 17.5. The van der Waals surface area contributed by atoms with Crippen LogP contribution in [0.2, 0.25) is 0 Å². The molecule has 3 N–H and O–H groups in total. The minimum atomic E-state index is -0.206. The lowest BCUT2D eigenvalue weighted by atomic mass is 10.0. The first-order chi connectivity index (χ1) is 14.5. The normalized spacial score (nSPS) is 11.6. The topological polar surface area (TPSA) is 74.1 Å². The van der Waals surface area contributed by atoms with Gasteiger partial charge < -0.3 is 10.2 Å². The molecule has 0 aliphatic carbocycles. The molecule has 0 saturated heterocycles. The molecule has 0 amide bonds. The van der Waals surface area contributed by atoms with Gasteiger partial charge in [-0.15, -0.1) is 0 Å². The second kappa shape index (κ2) is 11.0. The van der Waals surface area contributed by atoms with Crippen molar-refractivity contribution in [3.05, 3.63) is 95.4 Å². The first-order valence-corrected chi connectivity index (χ1v) is 10.2. The summed E-state index contributed by atoms with van der Waals surface area (Å²) in [7, 11) is 0. The Morgan fingerprint density at radius 1 is 1.10 bits per heavy atom. The number of allylic oxidation sites excluding steroid dienone is 3. The second-order valence-corrected chi connectivity index (χ2v) is 6.61. The summed E-state index contributed by atoms with van der Waals surface area (Å²) in [5.74, 6) is 0.377. The fourth-order valence-electron chi connectivity index (χ4n) is 2.96. The fraction of sp³-hybridized carbons (Fsp3) is 0.167. The van der Waals surface area contributed by atoms with Crippen molar-refractivity contribution in [1.29, 1.82) is 0 Å². The van der Waals surface area contributed by atoms with Crippen molar-refractivity contribution in [3.63, 3.8) is 0 Å². The number of rotatable bonds is 6. The number of aromatic amines is 1. The highest BCUT2D eigenvalue weighted by atomic mass is 32.1. The number of aromatic nitrogens is 3. The van der Waals surface area contributed by atoms with Crippen LogP contribution in [0.4, 0.5) is 0 Å². The third-order valence-electron chi connectivity index (χ3n) is 4.22. The van der Waals surface area contributed by atoms with Crippen LogP contribution in [0.5, 0.6) is 0 Å². The van der Waals surface area contributed by atoms with Gasteiger partial charge in [-0.2, -0.15) is 5.10 Å². The Kier molecular flexibility index (Phi) is 8.38. The summed E-state index contributed by atoms with van der Waals surface area (Å²) in [5, 5.41) is 26.5. The zero-order chi connectivity index (χ0) is 22.1. The maximum atomic E-state index is 10.1. The van der Waals surface area contributed by atoms with Crippen LogP contribution in [0.25, 0.3) is 22.4 Å². The molecule has 1 heterocycles. The van der Waals surface area contributed by atoms with E-state index in [1.54, 1.807) is 0 Å². The highest BCUT2D eigenvalue weighted by molar-refractivity contribution is 7.71. The Hall–Kier alpha value is -3.38. The van der Waals surface area contributed by atoms with Crippen LogP contribution in [0.3, 0.4) is 0 Å². The average Bonchev–Trinajstić information content (AvgIpc) is 3.15. The van der Waals surface area contributed by atoms with E-state index < -0.39 is 0 Å². The molecular formula is C24H27N3O2S. The van der Waals surface area contributed by atoms with Crippen molar-refractivity contribution < 1.29 is 10.2 Å². The van der Waals surface area contributed by atoms with E-state index in [4.69, 9.17) is 12.2 Å². The van der Waals surface area contributed by atoms with E-state index >= 15 is 0 Å². The highest BCUT2D eigenvalue weighted by Crippen LogP contribution is 2.26. The molecule has 0 aliphatic heterocycles. The lowest BCUT2D eigenvalue weighted by molar-refractivity contribution is 0.386. The molecule has 0 unspecified atom stereocenters. The van der Waals surface area contributed by atoms with Crippen LogP contribution in [0.1, 0.15) is 33.0 Å². The monoisotopic (exact) mass is 421 g/mol. The Morgan fingerprint density at radius 2 is 1.77 bits per heavy atom. The number of hydrogen-bond acceptors (Lipinski definition) is 4. The van der Waals surface area contributed by atoms with Crippen LogP contribution in [0, 0.1) is 4.77 Å². The SMILES string of the molecule is C=C(O)/C=C(/O)C/C(=C\C)c1n[nH]c(=S)n1-c1cccc(-c2ccccc2)c1.CC. The minimum Gasteiger partial charge on any atom is -0.512 e. The van der Waals surface area contributed by atoms with Gasteiger partial charge >= 0.3 is 0 Å². The van der Waals surface area contributed by atoms with Gasteiger partial charge in [0.25, 0.3) is 0 Å². The minimum absolute atomic E-state index is 0.0147. The van der Waals surface area contributed by atoms with E-state index in [9.17, 15) is 10.2 Å². The molecule has 0 radical (unpaired) electrons. The summed E-state index contributed by atoms with van der Waals surface area (Å²) in [6.45, 7) is 9.22. The number of nitrogens with one attached hydrogen (secondary N) is 1. The Morgan fingerprint density at radius 3 is 2.40 bits per heavy atom. The van der Waals surface area contributed by atoms with Crippen molar-refractivity contribution in [2.24, 2.45) is 0 Å². The Balaban J connectivity index is 0.00000155. The molecule has 0 aliphatic rings. The second-order valence-electron chi connectivity index (χ2n) is 6.22. The molecule has 3 rings (SSSR count). The maximum Gasteiger partial charge on any atom is 0.200 e. The van der Waals surface area contributed by atoms with E-state index in [-0.39, 0.29) is 17.9 Å². The van der Waals surface area contributed by atoms with E-state index in [2.05, 4.69) is 28.9 Å². The molecule has 30 heavy (non-hydrogen) atoms. The highest BCUT2D eigenvalue weighted by Gasteiger charge is 2.15. The number of benzene rings is 2. The standard InChI is InChI=1S/C22H21N3O2S.C2H6/c1-3-16(14-20(27)12-15(2)26)21-23-24-22(28)25(21)19-11-7-10-18(13-19)17-8-5-4-6-9-17;1-2/h3-13,26-27H,2,14H2,1H3,(H,24,28);1-2H3/b16-3+,20-12+;. The predicted octanol–water partition coefficient (Wildman–Crippen LogP) is 6.93. The van der Waals surface area contributed by atoms with Gasteiger partial charge in [-0.05, 0) is 42.4 Å². The summed E-state index contributed by atoms with van der Waals surface area (Å²) in [6, 6.07) is 18.1. The summed E-state index contributed by atoms with van der Waals surface area (Å²) in [5.41, 5.74) is 3.79. The summed E-state index contributed by atoms with van der Waals surface area (Å²) >= 11 is 5.45. The molecule has 5 nitrogen and oxygen atoms in total. The molecule has 3 aromatic rings. The molecule has 0 saturated carbocycles. The van der Waals surface area contributed by atoms with E-state index in [0.29, 0.717) is 10.6 Å². The molecule has 1 aromatic heterocycles. The van der Waals surface area contributed by atoms with Gasteiger partial charge in [0.2, 0.25) is 0 Å². The molecule has 0 bridgehead atoms. The fourth-order valence-corrected chi connectivity index (χ4v) is 3.19. The number of hydrogen-bond donors (Lipinski definition) is 3. The number of nitrogens with zero attached hydrogens (tertiary/aromatic N) is 2. The van der Waals surface area contributed by atoms with E-state index in [1.807, 2.05) is 73.9 Å². The molecule has 0 spiro atoms. The largest absolute Gasteiger partial charge is 0.512 e. The van der Waals surface area contributed by atoms with Gasteiger partial charge in [-0.3, -0.25) is 9.67 Å². The Bertz CT molecular complexity index is 1110. The van der Waals surface area contributed by atoms with Crippen LogP contribution in [-0.4, -0.2) is 25.0 Å². The predicted molar refractivity (Wildman–Crippen MR) is 126 cm³/mol. The molecule has 156 valence electrons. The van der Waals surface area contributed by atoms with Gasteiger partial charge in [0.05, 0.1) is 5.69 Å². The molecule has 6 heteroatoms. The Labute approximate surface area is 182 Å². The van der Waals surface area contributed by atoms with Crippen LogP contribution in [0.15, 0.2) is 84.8 Å². The van der Waals surface area contributed by atoms with Crippen LogP contribution >= 0.6 is 12.2 Å². The van der Waals surface area contributed by atoms with Gasteiger partial charge in [0, 0.05) is 18.1 Å². The lowest BCUT2D eigenvalue weighted by Crippen LogP contribution is -2.02. The number of aliphatic hydroxyl groups excluding tert-OH is 2. The van der Waals surface area contributed by atoms with Gasteiger partial charge in [0.1, 0.15) is 11.5 Å². The first kappa shape index (κ1) is 22.9. The van der Waals surface area contributed by atoms with Gasteiger partial charge in [-0.25, -0.2) is 0 Å². The van der Waals surface area contributed by atoms with Crippen molar-refractivity contribution in [2.75, 3.05) is 0 Å². The molecule has 2 aromatic carbocycles. The zero-order valence-corrected chi connectivity index (χ0v) is 18.3. The first-order valence-electron chi connectivity index (χ1n) is 9.76. The molecule has 0 fully saturated rings. The van der Waals surface area contributed by atoms with Crippen molar-refractivity contribution >= 4 is 17.8 Å². The molecular weight excluding hydrogens is 394 g/mol. The number of aliphatic hydroxyl groups is 2. The molecule has 0 atom stereocenters. The van der Waals surface area contributed by atoms with Crippen molar-refractivity contribution in [1.82, 2.24) is 14.8 Å². The lowest BCUT2D eigenvalue weighted by Gasteiger charge is -2.11. The summed E-state index contributed by atoms with van der Waals surface area (Å²) < 4.78 is 2.28. The quantitative estimate of drug-likeness (QED) is 0.229. The van der Waals surface area contributed by atoms with Gasteiger partial charge in [-0.1, -0.05) is 69.0 Å². The van der Waals surface area contributed by atoms with Crippen LogP contribution in [-0.2, 0) is 0 Å². The summed E-state index contributed by atoms with van der Waals surface area (Å²) in [4.78, 5) is 0. The van der Waals surface area contributed by atoms with Crippen molar-refractivity contribution in [3.8, 4) is 16.8 Å². The maximum absolute atomic E-state index is 10.1. The average molecular weight is 422 g/mol. The van der Waals surface area contributed by atoms with E-state index in [0.717, 1.165) is 22.4 Å². The van der Waals surface area contributed by atoms with Gasteiger partial charge in [0.15, 0.2) is 10.6 Å². The van der Waals surface area contributed by atoms with Crippen LogP contribution < -0.4 is 0 Å². The smallest absolute Gasteiger partial charge is 0.200 e. The number of H-pyrrole nitrogens is 1. The summed E-state index contributed by atoms with van der Waals surface area (Å²) in [6.07, 6.45) is 3.26. The third kappa shape index (κ3) is 5.58. The van der Waals surface area contributed by atoms with E-state index in [1.165, 1.54) is 6.08 Å².